The molecule has 2 rings (SSSR count). The number of hydrogen-bond donors (Lipinski definition) is 2. The van der Waals surface area contributed by atoms with Gasteiger partial charge in [-0.05, 0) is 23.3 Å². The average molecular weight is 302 g/mol. The summed E-state index contributed by atoms with van der Waals surface area (Å²) >= 11 is 18.4. The molecular formula is C13H11Cl3N2. The third kappa shape index (κ3) is 2.63. The molecule has 1 atom stereocenters. The molecule has 0 bridgehead atoms. The van der Waals surface area contributed by atoms with Gasteiger partial charge in [0.2, 0.25) is 0 Å². The van der Waals surface area contributed by atoms with Gasteiger partial charge in [0.25, 0.3) is 0 Å². The Kier molecular flexibility index (Phi) is 4.49. The minimum Gasteiger partial charge on any atom is -0.271 e. The van der Waals surface area contributed by atoms with E-state index in [1.807, 2.05) is 30.3 Å². The molecule has 1 unspecified atom stereocenters. The van der Waals surface area contributed by atoms with Crippen LogP contribution < -0.4 is 11.3 Å². The van der Waals surface area contributed by atoms with Crippen molar-refractivity contribution in [2.45, 2.75) is 6.04 Å². The zero-order valence-electron chi connectivity index (χ0n) is 9.33. The number of hydrazine groups is 1. The normalized spacial score (nSPS) is 12.4. The highest BCUT2D eigenvalue weighted by Gasteiger charge is 2.18. The van der Waals surface area contributed by atoms with Gasteiger partial charge in [-0.2, -0.15) is 0 Å². The Bertz CT molecular complexity index is 558. The molecule has 0 heterocycles. The van der Waals surface area contributed by atoms with Crippen molar-refractivity contribution in [3.8, 4) is 0 Å². The molecule has 2 nitrogen and oxygen atoms in total. The minimum atomic E-state index is -0.301. The standard InChI is InChI=1S/C13H11Cl3N2/c14-10-6-2-1-4-8(10)13(18-17)9-5-3-7-11(15)12(9)16/h1-7,13,18H,17H2. The van der Waals surface area contributed by atoms with Crippen LogP contribution in [0.2, 0.25) is 15.1 Å². The second-order valence-corrected chi connectivity index (χ2v) is 4.96. The van der Waals surface area contributed by atoms with E-state index in [9.17, 15) is 0 Å². The number of benzene rings is 2. The molecule has 0 amide bonds. The monoisotopic (exact) mass is 300 g/mol. The van der Waals surface area contributed by atoms with Crippen LogP contribution in [-0.4, -0.2) is 0 Å². The van der Waals surface area contributed by atoms with E-state index in [1.54, 1.807) is 12.1 Å². The van der Waals surface area contributed by atoms with E-state index in [2.05, 4.69) is 5.43 Å². The smallest absolute Gasteiger partial charge is 0.0739 e. The maximum atomic E-state index is 6.20. The topological polar surface area (TPSA) is 38.0 Å². The Morgan fingerprint density at radius 3 is 2.11 bits per heavy atom. The van der Waals surface area contributed by atoms with Gasteiger partial charge in [0.15, 0.2) is 0 Å². The van der Waals surface area contributed by atoms with Gasteiger partial charge in [-0.25, -0.2) is 5.43 Å². The van der Waals surface area contributed by atoms with Gasteiger partial charge in [-0.1, -0.05) is 65.1 Å². The molecule has 2 aromatic rings. The highest BCUT2D eigenvalue weighted by molar-refractivity contribution is 6.42. The Morgan fingerprint density at radius 2 is 1.44 bits per heavy atom. The maximum absolute atomic E-state index is 6.20. The first-order valence-electron chi connectivity index (χ1n) is 5.29. The molecule has 0 fully saturated rings. The Morgan fingerprint density at radius 1 is 0.833 bits per heavy atom. The third-order valence-electron chi connectivity index (χ3n) is 2.68. The lowest BCUT2D eigenvalue weighted by Gasteiger charge is -2.19. The predicted molar refractivity (Wildman–Crippen MR) is 77.1 cm³/mol. The lowest BCUT2D eigenvalue weighted by Crippen LogP contribution is -2.29. The molecule has 94 valence electrons. The molecule has 2 aromatic carbocycles. The van der Waals surface area contributed by atoms with E-state index < -0.39 is 0 Å². The fourth-order valence-corrected chi connectivity index (χ4v) is 2.46. The molecule has 0 radical (unpaired) electrons. The molecular weight excluding hydrogens is 291 g/mol. The first-order chi connectivity index (χ1) is 8.65. The molecule has 0 aliphatic rings. The van der Waals surface area contributed by atoms with E-state index in [0.29, 0.717) is 15.1 Å². The van der Waals surface area contributed by atoms with Crippen LogP contribution in [0.15, 0.2) is 42.5 Å². The van der Waals surface area contributed by atoms with E-state index in [0.717, 1.165) is 11.1 Å². The van der Waals surface area contributed by atoms with Crippen molar-refractivity contribution in [2.75, 3.05) is 0 Å². The minimum absolute atomic E-state index is 0.301. The van der Waals surface area contributed by atoms with Crippen LogP contribution in [0.3, 0.4) is 0 Å². The van der Waals surface area contributed by atoms with Crippen molar-refractivity contribution in [2.24, 2.45) is 5.84 Å². The third-order valence-corrected chi connectivity index (χ3v) is 3.85. The molecule has 5 heteroatoms. The van der Waals surface area contributed by atoms with E-state index in [4.69, 9.17) is 40.6 Å². The molecule has 3 N–H and O–H groups in total. The fraction of sp³-hybridized carbons (Fsp3) is 0.0769. The lowest BCUT2D eigenvalue weighted by atomic mass is 9.99. The molecule has 0 spiro atoms. The average Bonchev–Trinajstić information content (AvgIpc) is 2.37. The van der Waals surface area contributed by atoms with Crippen LogP contribution in [0.1, 0.15) is 17.2 Å². The van der Waals surface area contributed by atoms with Gasteiger partial charge in [0.1, 0.15) is 0 Å². The van der Waals surface area contributed by atoms with Crippen molar-refractivity contribution in [3.05, 3.63) is 68.7 Å². The van der Waals surface area contributed by atoms with Crippen LogP contribution in [0, 0.1) is 0 Å². The van der Waals surface area contributed by atoms with Gasteiger partial charge >= 0.3 is 0 Å². The van der Waals surface area contributed by atoms with Crippen LogP contribution in [0.25, 0.3) is 0 Å². The molecule has 0 saturated heterocycles. The predicted octanol–water partition coefficient (Wildman–Crippen LogP) is 4.20. The van der Waals surface area contributed by atoms with Crippen LogP contribution in [0.4, 0.5) is 0 Å². The molecule has 0 saturated carbocycles. The molecule has 0 aliphatic heterocycles. The number of halogens is 3. The first-order valence-corrected chi connectivity index (χ1v) is 6.43. The van der Waals surface area contributed by atoms with Gasteiger partial charge in [0, 0.05) is 5.02 Å². The van der Waals surface area contributed by atoms with Gasteiger partial charge in [0.05, 0.1) is 16.1 Å². The highest BCUT2D eigenvalue weighted by Crippen LogP contribution is 2.35. The van der Waals surface area contributed by atoms with Gasteiger partial charge < -0.3 is 0 Å². The summed E-state index contributed by atoms with van der Waals surface area (Å²) in [5.41, 5.74) is 4.36. The Hall–Kier alpha value is -0.770. The van der Waals surface area contributed by atoms with Crippen molar-refractivity contribution in [1.29, 1.82) is 0 Å². The second-order valence-electron chi connectivity index (χ2n) is 3.76. The zero-order chi connectivity index (χ0) is 13.1. The van der Waals surface area contributed by atoms with Crippen LogP contribution in [-0.2, 0) is 0 Å². The quantitative estimate of drug-likeness (QED) is 0.658. The summed E-state index contributed by atoms with van der Waals surface area (Å²) in [6.45, 7) is 0. The van der Waals surface area contributed by atoms with Gasteiger partial charge in [-0.15, -0.1) is 0 Å². The van der Waals surface area contributed by atoms with E-state index in [-0.39, 0.29) is 6.04 Å². The lowest BCUT2D eigenvalue weighted by molar-refractivity contribution is 0.637. The largest absolute Gasteiger partial charge is 0.271 e. The first kappa shape index (κ1) is 13.7. The van der Waals surface area contributed by atoms with Crippen LogP contribution in [0.5, 0.6) is 0 Å². The number of nitrogens with one attached hydrogen (secondary N) is 1. The molecule has 0 aromatic heterocycles. The Labute approximate surface area is 121 Å². The fourth-order valence-electron chi connectivity index (χ4n) is 1.80. The van der Waals surface area contributed by atoms with Crippen molar-refractivity contribution in [3.63, 3.8) is 0 Å². The summed E-state index contributed by atoms with van der Waals surface area (Å²) < 4.78 is 0. The SMILES string of the molecule is NNC(c1ccccc1Cl)c1cccc(Cl)c1Cl. The summed E-state index contributed by atoms with van der Waals surface area (Å²) in [4.78, 5) is 0. The van der Waals surface area contributed by atoms with Gasteiger partial charge in [-0.3, -0.25) is 5.84 Å². The number of rotatable bonds is 3. The molecule has 0 aliphatic carbocycles. The van der Waals surface area contributed by atoms with Crippen molar-refractivity contribution >= 4 is 34.8 Å². The summed E-state index contributed by atoms with van der Waals surface area (Å²) in [5, 5.41) is 1.58. The second kappa shape index (κ2) is 5.91. The zero-order valence-corrected chi connectivity index (χ0v) is 11.6. The maximum Gasteiger partial charge on any atom is 0.0739 e. The van der Waals surface area contributed by atoms with E-state index in [1.165, 1.54) is 0 Å². The highest BCUT2D eigenvalue weighted by atomic mass is 35.5. The number of hydrogen-bond acceptors (Lipinski definition) is 2. The van der Waals surface area contributed by atoms with Crippen molar-refractivity contribution < 1.29 is 0 Å². The summed E-state index contributed by atoms with van der Waals surface area (Å²) in [6, 6.07) is 12.6. The Balaban J connectivity index is 2.53. The number of nitrogens with two attached hydrogens (primary N) is 1. The van der Waals surface area contributed by atoms with Crippen molar-refractivity contribution in [1.82, 2.24) is 5.43 Å². The van der Waals surface area contributed by atoms with Crippen LogP contribution >= 0.6 is 34.8 Å². The molecule has 18 heavy (non-hydrogen) atoms. The summed E-state index contributed by atoms with van der Waals surface area (Å²) in [5.74, 6) is 5.61. The summed E-state index contributed by atoms with van der Waals surface area (Å²) in [6.07, 6.45) is 0. The van der Waals surface area contributed by atoms with E-state index >= 15 is 0 Å². The summed E-state index contributed by atoms with van der Waals surface area (Å²) in [7, 11) is 0.